The number of pyridine rings is 1. The Bertz CT molecular complexity index is 1000. The van der Waals surface area contributed by atoms with Crippen molar-refractivity contribution in [2.75, 3.05) is 19.8 Å². The van der Waals surface area contributed by atoms with Crippen LogP contribution < -0.4 is 9.47 Å². The van der Waals surface area contributed by atoms with E-state index >= 15 is 0 Å². The SMILES string of the molecule is CCOc1cc(C)ccc1OCC(=O)N1CCC[C@@H]1c1[nH]ncc1-c1ccncc1. The summed E-state index contributed by atoms with van der Waals surface area (Å²) in [6.07, 6.45) is 7.16. The summed E-state index contributed by atoms with van der Waals surface area (Å²) in [5.74, 6) is 1.21. The van der Waals surface area contributed by atoms with Crippen molar-refractivity contribution in [1.29, 1.82) is 0 Å². The number of benzene rings is 1. The molecule has 7 heteroatoms. The molecule has 3 aromatic rings. The molecule has 3 heterocycles. The summed E-state index contributed by atoms with van der Waals surface area (Å²) < 4.78 is 11.5. The van der Waals surface area contributed by atoms with Crippen LogP contribution in [0, 0.1) is 6.92 Å². The predicted octanol–water partition coefficient (Wildman–Crippen LogP) is 3.92. The third kappa shape index (κ3) is 4.15. The van der Waals surface area contributed by atoms with Crippen molar-refractivity contribution in [2.45, 2.75) is 32.7 Å². The second-order valence-corrected chi connectivity index (χ2v) is 7.35. The number of nitrogens with zero attached hydrogens (tertiary/aromatic N) is 3. The molecule has 2 aromatic heterocycles. The van der Waals surface area contributed by atoms with Gasteiger partial charge in [0.1, 0.15) is 0 Å². The fraction of sp³-hybridized carbons (Fsp3) is 0.348. The van der Waals surface area contributed by atoms with E-state index < -0.39 is 0 Å². The number of likely N-dealkylation sites (tertiary alicyclic amines) is 1. The second-order valence-electron chi connectivity index (χ2n) is 7.35. The average Bonchev–Trinajstić information content (AvgIpc) is 3.43. The minimum absolute atomic E-state index is 0.0294. The molecular formula is C23H26N4O3. The molecule has 4 rings (SSSR count). The van der Waals surface area contributed by atoms with E-state index in [4.69, 9.17) is 9.47 Å². The number of carbonyl (C=O) groups is 1. The Balaban J connectivity index is 1.49. The van der Waals surface area contributed by atoms with Crippen LogP contribution >= 0.6 is 0 Å². The van der Waals surface area contributed by atoms with Gasteiger partial charge in [0.15, 0.2) is 18.1 Å². The molecule has 7 nitrogen and oxygen atoms in total. The van der Waals surface area contributed by atoms with Crippen molar-refractivity contribution in [1.82, 2.24) is 20.1 Å². The molecular weight excluding hydrogens is 380 g/mol. The summed E-state index contributed by atoms with van der Waals surface area (Å²) in [4.78, 5) is 19.0. The maximum absolute atomic E-state index is 13.0. The molecule has 0 radical (unpaired) electrons. The monoisotopic (exact) mass is 406 g/mol. The molecule has 0 unspecified atom stereocenters. The number of hydrogen-bond donors (Lipinski definition) is 1. The van der Waals surface area contributed by atoms with Crippen molar-refractivity contribution >= 4 is 5.91 Å². The van der Waals surface area contributed by atoms with Crippen LogP contribution in [-0.4, -0.2) is 45.7 Å². The van der Waals surface area contributed by atoms with E-state index in [2.05, 4.69) is 15.2 Å². The van der Waals surface area contributed by atoms with Gasteiger partial charge < -0.3 is 14.4 Å². The summed E-state index contributed by atoms with van der Waals surface area (Å²) in [5, 5.41) is 7.35. The van der Waals surface area contributed by atoms with Crippen molar-refractivity contribution in [3.8, 4) is 22.6 Å². The summed E-state index contributed by atoms with van der Waals surface area (Å²) in [6, 6.07) is 9.58. The molecule has 1 N–H and O–H groups in total. The topological polar surface area (TPSA) is 80.3 Å². The van der Waals surface area contributed by atoms with Gasteiger partial charge in [0.25, 0.3) is 5.91 Å². The maximum atomic E-state index is 13.0. The Hall–Kier alpha value is -3.35. The molecule has 30 heavy (non-hydrogen) atoms. The second kappa shape index (κ2) is 8.98. The van der Waals surface area contributed by atoms with E-state index in [1.54, 1.807) is 12.4 Å². The zero-order chi connectivity index (χ0) is 20.9. The highest BCUT2D eigenvalue weighted by Gasteiger charge is 2.33. The minimum atomic E-state index is -0.0456. The molecule has 0 aliphatic carbocycles. The van der Waals surface area contributed by atoms with Gasteiger partial charge in [0.05, 0.1) is 24.5 Å². The van der Waals surface area contributed by atoms with Crippen LogP contribution in [0.5, 0.6) is 11.5 Å². The van der Waals surface area contributed by atoms with Gasteiger partial charge >= 0.3 is 0 Å². The first-order valence-corrected chi connectivity index (χ1v) is 10.3. The van der Waals surface area contributed by atoms with Crippen LogP contribution in [-0.2, 0) is 4.79 Å². The Kier molecular flexibility index (Phi) is 5.97. The predicted molar refractivity (Wildman–Crippen MR) is 113 cm³/mol. The van der Waals surface area contributed by atoms with Gasteiger partial charge in [-0.1, -0.05) is 6.07 Å². The Morgan fingerprint density at radius 2 is 2.03 bits per heavy atom. The highest BCUT2D eigenvalue weighted by atomic mass is 16.5. The zero-order valence-corrected chi connectivity index (χ0v) is 17.3. The highest BCUT2D eigenvalue weighted by molar-refractivity contribution is 5.79. The zero-order valence-electron chi connectivity index (χ0n) is 17.3. The number of rotatable bonds is 7. The first-order chi connectivity index (χ1) is 14.7. The van der Waals surface area contributed by atoms with Crippen molar-refractivity contribution in [3.05, 3.63) is 60.2 Å². The van der Waals surface area contributed by atoms with E-state index in [0.717, 1.165) is 35.2 Å². The van der Waals surface area contributed by atoms with Gasteiger partial charge in [0, 0.05) is 24.5 Å². The molecule has 1 fully saturated rings. The molecule has 1 aliphatic heterocycles. The van der Waals surface area contributed by atoms with Crippen molar-refractivity contribution in [3.63, 3.8) is 0 Å². The fourth-order valence-electron chi connectivity index (χ4n) is 3.90. The quantitative estimate of drug-likeness (QED) is 0.643. The molecule has 1 amide bonds. The summed E-state index contributed by atoms with van der Waals surface area (Å²) in [6.45, 7) is 5.14. The van der Waals surface area contributed by atoms with Gasteiger partial charge in [-0.2, -0.15) is 5.10 Å². The number of ether oxygens (including phenoxy) is 2. The molecule has 156 valence electrons. The van der Waals surface area contributed by atoms with Crippen LogP contribution in [0.15, 0.2) is 48.9 Å². The molecule has 0 saturated carbocycles. The van der Waals surface area contributed by atoms with Crippen molar-refractivity contribution in [2.24, 2.45) is 0 Å². The number of carbonyl (C=O) groups excluding carboxylic acids is 1. The molecule has 0 spiro atoms. The summed E-state index contributed by atoms with van der Waals surface area (Å²) >= 11 is 0. The number of hydrogen-bond acceptors (Lipinski definition) is 5. The van der Waals surface area contributed by atoms with E-state index in [1.165, 1.54) is 0 Å². The third-order valence-corrected chi connectivity index (χ3v) is 5.32. The summed E-state index contributed by atoms with van der Waals surface area (Å²) in [5.41, 5.74) is 4.07. The van der Waals surface area contributed by atoms with Gasteiger partial charge in [-0.15, -0.1) is 0 Å². The van der Waals surface area contributed by atoms with Crippen LogP contribution in [0.25, 0.3) is 11.1 Å². The van der Waals surface area contributed by atoms with Gasteiger partial charge in [-0.3, -0.25) is 14.9 Å². The van der Waals surface area contributed by atoms with Crippen LogP contribution in [0.2, 0.25) is 0 Å². The number of nitrogens with one attached hydrogen (secondary N) is 1. The number of aromatic amines is 1. The number of aromatic nitrogens is 3. The first-order valence-electron chi connectivity index (χ1n) is 10.3. The smallest absolute Gasteiger partial charge is 0.261 e. The minimum Gasteiger partial charge on any atom is -0.490 e. The fourth-order valence-corrected chi connectivity index (χ4v) is 3.90. The van der Waals surface area contributed by atoms with Crippen LogP contribution in [0.3, 0.4) is 0 Å². The Morgan fingerprint density at radius 3 is 2.83 bits per heavy atom. The molecule has 1 aliphatic rings. The van der Waals surface area contributed by atoms with E-state index in [9.17, 15) is 4.79 Å². The van der Waals surface area contributed by atoms with E-state index in [-0.39, 0.29) is 18.6 Å². The lowest BCUT2D eigenvalue weighted by Crippen LogP contribution is -2.34. The Morgan fingerprint density at radius 1 is 1.20 bits per heavy atom. The normalized spacial score (nSPS) is 15.9. The van der Waals surface area contributed by atoms with E-state index in [1.807, 2.05) is 55.3 Å². The standard InChI is InChI=1S/C23H26N4O3/c1-3-29-21-13-16(2)6-7-20(21)30-15-22(28)27-12-4-5-19(27)23-18(14-25-26-23)17-8-10-24-11-9-17/h6-11,13-14,19H,3-5,12,15H2,1-2H3,(H,25,26)/t19-/m1/s1. The lowest BCUT2D eigenvalue weighted by atomic mass is 10.0. The van der Waals surface area contributed by atoms with Gasteiger partial charge in [-0.25, -0.2) is 0 Å². The average molecular weight is 406 g/mol. The van der Waals surface area contributed by atoms with Crippen molar-refractivity contribution < 1.29 is 14.3 Å². The van der Waals surface area contributed by atoms with Crippen LogP contribution in [0.4, 0.5) is 0 Å². The van der Waals surface area contributed by atoms with E-state index in [0.29, 0.717) is 24.7 Å². The molecule has 1 atom stereocenters. The highest BCUT2D eigenvalue weighted by Crippen LogP contribution is 2.36. The molecule has 1 saturated heterocycles. The largest absolute Gasteiger partial charge is 0.490 e. The summed E-state index contributed by atoms with van der Waals surface area (Å²) in [7, 11) is 0. The van der Waals surface area contributed by atoms with Gasteiger partial charge in [0.2, 0.25) is 0 Å². The van der Waals surface area contributed by atoms with Gasteiger partial charge in [-0.05, 0) is 62.1 Å². The first kappa shape index (κ1) is 19.9. The molecule has 0 bridgehead atoms. The lowest BCUT2D eigenvalue weighted by molar-refractivity contribution is -0.134. The van der Waals surface area contributed by atoms with Crippen LogP contribution in [0.1, 0.15) is 37.1 Å². The molecule has 1 aromatic carbocycles. The number of amides is 1. The number of aryl methyl sites for hydroxylation is 1. The number of H-pyrrole nitrogens is 1. The third-order valence-electron chi connectivity index (χ3n) is 5.32. The Labute approximate surface area is 176 Å². The maximum Gasteiger partial charge on any atom is 0.261 e. The lowest BCUT2D eigenvalue weighted by Gasteiger charge is -2.25.